The molecule has 0 aliphatic rings. The van der Waals surface area contributed by atoms with E-state index in [4.69, 9.17) is 0 Å². The zero-order chi connectivity index (χ0) is 10.5. The molecule has 0 heterocycles. The molecule has 0 aliphatic carbocycles. The number of hydrogen-bond acceptors (Lipinski definition) is 1. The summed E-state index contributed by atoms with van der Waals surface area (Å²) in [6, 6.07) is 0. The van der Waals surface area contributed by atoms with Gasteiger partial charge in [0.2, 0.25) is 0 Å². The van der Waals surface area contributed by atoms with Crippen molar-refractivity contribution in [3.05, 3.63) is 0 Å². The van der Waals surface area contributed by atoms with Crippen molar-refractivity contribution in [2.24, 2.45) is 11.3 Å². The van der Waals surface area contributed by atoms with Crippen molar-refractivity contribution in [1.29, 1.82) is 0 Å². The van der Waals surface area contributed by atoms with Gasteiger partial charge < -0.3 is 4.90 Å². The highest BCUT2D eigenvalue weighted by molar-refractivity contribution is 4.69. The van der Waals surface area contributed by atoms with Gasteiger partial charge in [0.1, 0.15) is 0 Å². The molecule has 0 aromatic carbocycles. The number of rotatable bonds is 5. The standard InChI is InChI=1S/C12H27N/c1-7-11(8-9-13(5)6)10-12(2,3)4/h11H,7-10H2,1-6H3. The van der Waals surface area contributed by atoms with Gasteiger partial charge in [0.05, 0.1) is 0 Å². The first-order valence-electron chi connectivity index (χ1n) is 5.50. The largest absolute Gasteiger partial charge is 0.309 e. The van der Waals surface area contributed by atoms with Gasteiger partial charge in [-0.3, -0.25) is 0 Å². The van der Waals surface area contributed by atoms with Crippen molar-refractivity contribution < 1.29 is 0 Å². The second kappa shape index (κ2) is 5.64. The molecule has 0 bridgehead atoms. The molecule has 0 radical (unpaired) electrons. The lowest BCUT2D eigenvalue weighted by atomic mass is 9.82. The van der Waals surface area contributed by atoms with Gasteiger partial charge in [0.15, 0.2) is 0 Å². The van der Waals surface area contributed by atoms with Gasteiger partial charge in [-0.15, -0.1) is 0 Å². The van der Waals surface area contributed by atoms with Gasteiger partial charge in [-0.2, -0.15) is 0 Å². The van der Waals surface area contributed by atoms with Crippen molar-refractivity contribution in [3.63, 3.8) is 0 Å². The maximum Gasteiger partial charge on any atom is -0.00222 e. The molecular weight excluding hydrogens is 158 g/mol. The van der Waals surface area contributed by atoms with Gasteiger partial charge >= 0.3 is 0 Å². The maximum atomic E-state index is 2.34. The molecule has 1 unspecified atom stereocenters. The Kier molecular flexibility index (Phi) is 5.62. The molecule has 0 amide bonds. The Balaban J connectivity index is 3.76. The summed E-state index contributed by atoms with van der Waals surface area (Å²) < 4.78 is 0. The molecule has 0 aliphatic heterocycles. The van der Waals surface area contributed by atoms with Crippen LogP contribution in [-0.2, 0) is 0 Å². The van der Waals surface area contributed by atoms with Gasteiger partial charge in [-0.1, -0.05) is 34.1 Å². The summed E-state index contributed by atoms with van der Waals surface area (Å²) >= 11 is 0. The van der Waals surface area contributed by atoms with E-state index >= 15 is 0 Å². The molecule has 0 N–H and O–H groups in total. The molecule has 0 saturated carbocycles. The van der Waals surface area contributed by atoms with Crippen LogP contribution in [0.1, 0.15) is 47.0 Å². The smallest absolute Gasteiger partial charge is 0.00222 e. The van der Waals surface area contributed by atoms with Crippen molar-refractivity contribution >= 4 is 0 Å². The van der Waals surface area contributed by atoms with E-state index < -0.39 is 0 Å². The molecule has 0 fully saturated rings. The Bertz CT molecular complexity index is 122. The van der Waals surface area contributed by atoms with Crippen LogP contribution in [0.2, 0.25) is 0 Å². The predicted molar refractivity (Wildman–Crippen MR) is 61.0 cm³/mol. The zero-order valence-electron chi connectivity index (χ0n) is 10.4. The second-order valence-corrected chi connectivity index (χ2v) is 5.63. The molecule has 0 spiro atoms. The maximum absolute atomic E-state index is 2.34. The number of hydrogen-bond donors (Lipinski definition) is 0. The fourth-order valence-corrected chi connectivity index (χ4v) is 1.76. The summed E-state index contributed by atoms with van der Waals surface area (Å²) in [7, 11) is 4.31. The molecule has 0 aromatic heterocycles. The highest BCUT2D eigenvalue weighted by Gasteiger charge is 2.17. The molecule has 1 nitrogen and oxygen atoms in total. The van der Waals surface area contributed by atoms with Gasteiger partial charge in [-0.05, 0) is 44.8 Å². The van der Waals surface area contributed by atoms with E-state index in [1.807, 2.05) is 0 Å². The van der Waals surface area contributed by atoms with Crippen molar-refractivity contribution in [1.82, 2.24) is 4.90 Å². The van der Waals surface area contributed by atoms with Crippen LogP contribution in [0.4, 0.5) is 0 Å². The minimum absolute atomic E-state index is 0.493. The predicted octanol–water partition coefficient (Wildman–Crippen LogP) is 3.40. The molecule has 1 atom stereocenters. The molecule has 13 heavy (non-hydrogen) atoms. The van der Waals surface area contributed by atoms with Crippen LogP contribution in [0.5, 0.6) is 0 Å². The number of nitrogens with zero attached hydrogens (tertiary/aromatic N) is 1. The average Bonchev–Trinajstić information content (AvgIpc) is 1.95. The van der Waals surface area contributed by atoms with Gasteiger partial charge in [-0.25, -0.2) is 0 Å². The normalized spacial score (nSPS) is 15.0. The first-order chi connectivity index (χ1) is 5.85. The third-order valence-corrected chi connectivity index (χ3v) is 2.46. The monoisotopic (exact) mass is 185 g/mol. The van der Waals surface area contributed by atoms with Crippen molar-refractivity contribution in [2.75, 3.05) is 20.6 Å². The van der Waals surface area contributed by atoms with Crippen LogP contribution in [0.3, 0.4) is 0 Å². The molecule has 80 valence electrons. The lowest BCUT2D eigenvalue weighted by Crippen LogP contribution is -2.19. The summed E-state index contributed by atoms with van der Waals surface area (Å²) in [5.41, 5.74) is 0.493. The van der Waals surface area contributed by atoms with Crippen molar-refractivity contribution in [2.45, 2.75) is 47.0 Å². The Morgan fingerprint density at radius 3 is 2.00 bits per heavy atom. The molecule has 0 rings (SSSR count). The Hall–Kier alpha value is -0.0400. The van der Waals surface area contributed by atoms with E-state index in [9.17, 15) is 0 Å². The third-order valence-electron chi connectivity index (χ3n) is 2.46. The Labute approximate surface area is 84.5 Å². The van der Waals surface area contributed by atoms with Crippen LogP contribution >= 0.6 is 0 Å². The lowest BCUT2D eigenvalue weighted by Gasteiger charge is -2.26. The van der Waals surface area contributed by atoms with E-state index in [0.29, 0.717) is 5.41 Å². The summed E-state index contributed by atoms with van der Waals surface area (Å²) in [5.74, 6) is 0.905. The van der Waals surface area contributed by atoms with Crippen LogP contribution in [0.15, 0.2) is 0 Å². The minimum Gasteiger partial charge on any atom is -0.309 e. The topological polar surface area (TPSA) is 3.24 Å². The van der Waals surface area contributed by atoms with Gasteiger partial charge in [0.25, 0.3) is 0 Å². The minimum atomic E-state index is 0.493. The second-order valence-electron chi connectivity index (χ2n) is 5.63. The van der Waals surface area contributed by atoms with E-state index in [0.717, 1.165) is 5.92 Å². The van der Waals surface area contributed by atoms with Gasteiger partial charge in [0, 0.05) is 0 Å². The van der Waals surface area contributed by atoms with E-state index in [1.54, 1.807) is 0 Å². The summed E-state index contributed by atoms with van der Waals surface area (Å²) in [4.78, 5) is 2.28. The van der Waals surface area contributed by atoms with Crippen LogP contribution in [0, 0.1) is 11.3 Å². The fraction of sp³-hybridized carbons (Fsp3) is 1.00. The molecular formula is C12H27N. The van der Waals surface area contributed by atoms with Crippen LogP contribution in [0.25, 0.3) is 0 Å². The Morgan fingerprint density at radius 1 is 1.15 bits per heavy atom. The highest BCUT2D eigenvalue weighted by Crippen LogP contribution is 2.28. The Morgan fingerprint density at radius 2 is 1.69 bits per heavy atom. The van der Waals surface area contributed by atoms with E-state index in [-0.39, 0.29) is 0 Å². The quantitative estimate of drug-likeness (QED) is 0.634. The first-order valence-corrected chi connectivity index (χ1v) is 5.50. The molecule has 1 heteroatoms. The highest BCUT2D eigenvalue weighted by atomic mass is 15.0. The molecule has 0 saturated heterocycles. The van der Waals surface area contributed by atoms with Crippen LogP contribution < -0.4 is 0 Å². The van der Waals surface area contributed by atoms with Crippen LogP contribution in [-0.4, -0.2) is 25.5 Å². The fourth-order valence-electron chi connectivity index (χ4n) is 1.76. The van der Waals surface area contributed by atoms with Crippen molar-refractivity contribution in [3.8, 4) is 0 Å². The van der Waals surface area contributed by atoms with E-state index in [2.05, 4.69) is 46.7 Å². The lowest BCUT2D eigenvalue weighted by molar-refractivity contribution is 0.253. The van der Waals surface area contributed by atoms with E-state index in [1.165, 1.54) is 25.8 Å². The zero-order valence-corrected chi connectivity index (χ0v) is 10.4. The SMILES string of the molecule is CCC(CCN(C)C)CC(C)(C)C. The average molecular weight is 185 g/mol. The summed E-state index contributed by atoms with van der Waals surface area (Å²) in [5, 5.41) is 0. The third kappa shape index (κ3) is 8.29. The first kappa shape index (κ1) is 13.0. The molecule has 0 aromatic rings. The summed E-state index contributed by atoms with van der Waals surface area (Å²) in [6.45, 7) is 10.6. The summed E-state index contributed by atoms with van der Waals surface area (Å²) in [6.07, 6.45) is 4.03.